The van der Waals surface area contributed by atoms with Crippen LogP contribution in [0, 0.1) is 6.92 Å². The Kier molecular flexibility index (Phi) is 1.62. The van der Waals surface area contributed by atoms with E-state index in [2.05, 4.69) is 18.0 Å². The quantitative estimate of drug-likeness (QED) is 0.557. The molecule has 0 amide bonds. The highest BCUT2D eigenvalue weighted by molar-refractivity contribution is 5.29. The Morgan fingerprint density at radius 3 is 3.27 bits per heavy atom. The van der Waals surface area contributed by atoms with Crippen LogP contribution in [0.4, 0.5) is 0 Å². The average molecular weight is 149 g/mol. The van der Waals surface area contributed by atoms with Crippen molar-refractivity contribution in [1.82, 2.24) is 4.98 Å². The standard InChI is InChI=1S/C9H11NO/c1-7-2-4-10-9-6-11-5-3-8(7)9/h2,4H,3,5-6H2,1H3. The molecule has 58 valence electrons. The monoisotopic (exact) mass is 149 g/mol. The van der Waals surface area contributed by atoms with E-state index in [1.54, 1.807) is 0 Å². The molecule has 1 aliphatic heterocycles. The highest BCUT2D eigenvalue weighted by Gasteiger charge is 2.11. The predicted molar refractivity (Wildman–Crippen MR) is 42.3 cm³/mol. The van der Waals surface area contributed by atoms with E-state index in [1.807, 2.05) is 6.20 Å². The van der Waals surface area contributed by atoms with Crippen LogP contribution in [-0.4, -0.2) is 11.6 Å². The van der Waals surface area contributed by atoms with Crippen LogP contribution >= 0.6 is 0 Å². The SMILES string of the molecule is Cc1ccnc2c1CCOC2. The number of rotatable bonds is 0. The lowest BCUT2D eigenvalue weighted by Crippen LogP contribution is -2.12. The molecule has 0 bridgehead atoms. The third-order valence-corrected chi connectivity index (χ3v) is 2.11. The zero-order chi connectivity index (χ0) is 7.68. The van der Waals surface area contributed by atoms with Gasteiger partial charge in [0.25, 0.3) is 0 Å². The van der Waals surface area contributed by atoms with Crippen molar-refractivity contribution in [3.63, 3.8) is 0 Å². The molecule has 0 aromatic carbocycles. The smallest absolute Gasteiger partial charge is 0.0890 e. The molecule has 0 unspecified atom stereocenters. The number of pyridine rings is 1. The molecular weight excluding hydrogens is 138 g/mol. The van der Waals surface area contributed by atoms with Crippen LogP contribution in [0.1, 0.15) is 16.8 Å². The fourth-order valence-corrected chi connectivity index (χ4v) is 1.45. The van der Waals surface area contributed by atoms with E-state index in [1.165, 1.54) is 11.1 Å². The van der Waals surface area contributed by atoms with E-state index < -0.39 is 0 Å². The van der Waals surface area contributed by atoms with Gasteiger partial charge in [0.05, 0.1) is 18.9 Å². The second-order valence-corrected chi connectivity index (χ2v) is 2.86. The second-order valence-electron chi connectivity index (χ2n) is 2.86. The first-order chi connectivity index (χ1) is 5.38. The number of aryl methyl sites for hydroxylation is 1. The maximum Gasteiger partial charge on any atom is 0.0890 e. The lowest BCUT2D eigenvalue weighted by molar-refractivity contribution is 0.107. The number of fused-ring (bicyclic) bond motifs is 1. The number of aromatic nitrogens is 1. The fourth-order valence-electron chi connectivity index (χ4n) is 1.45. The molecule has 0 radical (unpaired) electrons. The summed E-state index contributed by atoms with van der Waals surface area (Å²) in [6.07, 6.45) is 2.87. The summed E-state index contributed by atoms with van der Waals surface area (Å²) in [6.45, 7) is 3.67. The molecular formula is C9H11NO. The fraction of sp³-hybridized carbons (Fsp3) is 0.444. The minimum atomic E-state index is 0.691. The molecule has 2 heteroatoms. The topological polar surface area (TPSA) is 22.1 Å². The van der Waals surface area contributed by atoms with Gasteiger partial charge in [0.15, 0.2) is 0 Å². The summed E-state index contributed by atoms with van der Waals surface area (Å²) >= 11 is 0. The highest BCUT2D eigenvalue weighted by Crippen LogP contribution is 2.17. The van der Waals surface area contributed by atoms with Gasteiger partial charge in [-0.2, -0.15) is 0 Å². The van der Waals surface area contributed by atoms with Gasteiger partial charge in [-0.15, -0.1) is 0 Å². The first kappa shape index (κ1) is 6.80. The van der Waals surface area contributed by atoms with Crippen LogP contribution in [0.25, 0.3) is 0 Å². The van der Waals surface area contributed by atoms with E-state index in [0.29, 0.717) is 6.61 Å². The zero-order valence-electron chi connectivity index (χ0n) is 6.63. The molecule has 0 spiro atoms. The number of nitrogens with zero attached hydrogens (tertiary/aromatic N) is 1. The molecule has 0 fully saturated rings. The molecule has 2 nitrogen and oxygen atoms in total. The van der Waals surface area contributed by atoms with Crippen LogP contribution < -0.4 is 0 Å². The largest absolute Gasteiger partial charge is 0.375 e. The molecule has 0 N–H and O–H groups in total. The van der Waals surface area contributed by atoms with Gasteiger partial charge in [-0.3, -0.25) is 4.98 Å². The molecule has 0 saturated carbocycles. The van der Waals surface area contributed by atoms with Crippen LogP contribution in [-0.2, 0) is 17.8 Å². The van der Waals surface area contributed by atoms with Crippen molar-refractivity contribution in [3.8, 4) is 0 Å². The minimum Gasteiger partial charge on any atom is -0.375 e. The molecule has 0 atom stereocenters. The van der Waals surface area contributed by atoms with E-state index >= 15 is 0 Å². The maximum absolute atomic E-state index is 5.29. The Hall–Kier alpha value is -0.890. The van der Waals surface area contributed by atoms with Crippen molar-refractivity contribution in [2.45, 2.75) is 20.0 Å². The van der Waals surface area contributed by atoms with Crippen molar-refractivity contribution in [2.24, 2.45) is 0 Å². The van der Waals surface area contributed by atoms with Gasteiger partial charge in [-0.25, -0.2) is 0 Å². The van der Waals surface area contributed by atoms with E-state index in [-0.39, 0.29) is 0 Å². The molecule has 1 aromatic rings. The Bertz CT molecular complexity index is 270. The van der Waals surface area contributed by atoms with Gasteiger partial charge in [-0.05, 0) is 30.5 Å². The molecule has 1 aliphatic rings. The Balaban J connectivity index is 2.49. The first-order valence-electron chi connectivity index (χ1n) is 3.89. The summed E-state index contributed by atoms with van der Waals surface area (Å²) in [5.74, 6) is 0. The van der Waals surface area contributed by atoms with Crippen molar-refractivity contribution < 1.29 is 4.74 Å². The molecule has 0 saturated heterocycles. The summed E-state index contributed by atoms with van der Waals surface area (Å²) in [7, 11) is 0. The third-order valence-electron chi connectivity index (χ3n) is 2.11. The van der Waals surface area contributed by atoms with Crippen molar-refractivity contribution >= 4 is 0 Å². The molecule has 2 rings (SSSR count). The molecule has 0 aliphatic carbocycles. The molecule has 2 heterocycles. The van der Waals surface area contributed by atoms with Crippen LogP contribution in [0.3, 0.4) is 0 Å². The van der Waals surface area contributed by atoms with Gasteiger partial charge in [0.2, 0.25) is 0 Å². The maximum atomic E-state index is 5.29. The van der Waals surface area contributed by atoms with Crippen molar-refractivity contribution in [1.29, 1.82) is 0 Å². The summed E-state index contributed by atoms with van der Waals surface area (Å²) in [4.78, 5) is 4.26. The van der Waals surface area contributed by atoms with Gasteiger partial charge in [0.1, 0.15) is 0 Å². The molecule has 1 aromatic heterocycles. The molecule has 11 heavy (non-hydrogen) atoms. The zero-order valence-corrected chi connectivity index (χ0v) is 6.63. The van der Waals surface area contributed by atoms with Gasteiger partial charge < -0.3 is 4.74 Å². The number of ether oxygens (including phenoxy) is 1. The number of hydrogen-bond donors (Lipinski definition) is 0. The van der Waals surface area contributed by atoms with Gasteiger partial charge in [-0.1, -0.05) is 0 Å². The summed E-state index contributed by atoms with van der Waals surface area (Å²) in [5.41, 5.74) is 3.85. The lowest BCUT2D eigenvalue weighted by atomic mass is 10.0. The Labute approximate surface area is 66.2 Å². The third kappa shape index (κ3) is 1.14. The van der Waals surface area contributed by atoms with Crippen LogP contribution in [0.5, 0.6) is 0 Å². The van der Waals surface area contributed by atoms with Crippen molar-refractivity contribution in [3.05, 3.63) is 29.1 Å². The second kappa shape index (κ2) is 2.62. The van der Waals surface area contributed by atoms with E-state index in [0.717, 1.165) is 18.7 Å². The van der Waals surface area contributed by atoms with Crippen LogP contribution in [0.15, 0.2) is 12.3 Å². The number of hydrogen-bond acceptors (Lipinski definition) is 2. The van der Waals surface area contributed by atoms with E-state index in [4.69, 9.17) is 4.74 Å². The Morgan fingerprint density at radius 2 is 2.45 bits per heavy atom. The van der Waals surface area contributed by atoms with E-state index in [9.17, 15) is 0 Å². The Morgan fingerprint density at radius 1 is 1.55 bits per heavy atom. The summed E-state index contributed by atoms with van der Waals surface area (Å²) < 4.78 is 5.29. The normalized spacial score (nSPS) is 16.1. The minimum absolute atomic E-state index is 0.691. The van der Waals surface area contributed by atoms with Gasteiger partial charge in [0, 0.05) is 6.20 Å². The van der Waals surface area contributed by atoms with Crippen LogP contribution in [0.2, 0.25) is 0 Å². The predicted octanol–water partition coefficient (Wildman–Crippen LogP) is 1.46. The average Bonchev–Trinajstić information content (AvgIpc) is 2.06. The summed E-state index contributed by atoms with van der Waals surface area (Å²) in [5, 5.41) is 0. The highest BCUT2D eigenvalue weighted by atomic mass is 16.5. The summed E-state index contributed by atoms with van der Waals surface area (Å²) in [6, 6.07) is 2.06. The first-order valence-corrected chi connectivity index (χ1v) is 3.89. The van der Waals surface area contributed by atoms with Crippen molar-refractivity contribution in [2.75, 3.05) is 6.61 Å². The lowest BCUT2D eigenvalue weighted by Gasteiger charge is -2.16. The van der Waals surface area contributed by atoms with Gasteiger partial charge >= 0.3 is 0 Å².